The van der Waals surface area contributed by atoms with E-state index in [0.29, 0.717) is 22.0 Å². The van der Waals surface area contributed by atoms with Crippen LogP contribution in [0.5, 0.6) is 5.75 Å². The molecule has 3 N–H and O–H groups in total. The first-order chi connectivity index (χ1) is 9.37. The molecule has 8 heteroatoms. The Morgan fingerprint density at radius 3 is 2.60 bits per heavy atom. The van der Waals surface area contributed by atoms with Crippen molar-refractivity contribution in [2.24, 2.45) is 0 Å². The fraction of sp³-hybridized carbons (Fsp3) is 0.333. The van der Waals surface area contributed by atoms with Crippen LogP contribution in [-0.2, 0) is 10.0 Å². The molecule has 0 spiro atoms. The number of rotatable bonds is 4. The maximum atomic E-state index is 11.3. The third-order valence-electron chi connectivity index (χ3n) is 2.71. The predicted octanol–water partition coefficient (Wildman–Crippen LogP) is 1.39. The lowest BCUT2D eigenvalue weighted by atomic mass is 10.2. The Morgan fingerprint density at radius 1 is 1.35 bits per heavy atom. The quantitative estimate of drug-likeness (QED) is 0.731. The van der Waals surface area contributed by atoms with E-state index < -0.39 is 10.0 Å². The second-order valence-corrected chi connectivity index (χ2v) is 6.58. The van der Waals surface area contributed by atoms with E-state index in [1.807, 2.05) is 0 Å². The molecule has 1 fully saturated rings. The van der Waals surface area contributed by atoms with Gasteiger partial charge in [-0.25, -0.2) is 8.42 Å². The van der Waals surface area contributed by atoms with Gasteiger partial charge in [0.1, 0.15) is 17.8 Å². The molecule has 1 aliphatic heterocycles. The molecule has 20 heavy (non-hydrogen) atoms. The van der Waals surface area contributed by atoms with Gasteiger partial charge in [-0.2, -0.15) is 0 Å². The molecule has 1 saturated heterocycles. The summed E-state index contributed by atoms with van der Waals surface area (Å²) in [4.78, 5) is 0. The third-order valence-corrected chi connectivity index (χ3v) is 3.60. The summed E-state index contributed by atoms with van der Waals surface area (Å²) in [5, 5.41) is 6.52. The first-order valence-electron chi connectivity index (χ1n) is 5.98. The molecule has 0 radical (unpaired) electrons. The van der Waals surface area contributed by atoms with Gasteiger partial charge in [0.15, 0.2) is 0 Å². The Hall–Kier alpha value is -1.60. The molecular weight excluding hydrogens is 302 g/mol. The van der Waals surface area contributed by atoms with Crippen molar-refractivity contribution >= 4 is 27.3 Å². The zero-order chi connectivity index (χ0) is 14.8. The minimum atomic E-state index is -3.40. The van der Waals surface area contributed by atoms with Crippen LogP contribution in [0, 0.1) is 6.92 Å². The summed E-state index contributed by atoms with van der Waals surface area (Å²) in [6.07, 6.45) is 2.62. The Kier molecular flexibility index (Phi) is 4.29. The van der Waals surface area contributed by atoms with Crippen LogP contribution in [0.4, 0.5) is 5.69 Å². The van der Waals surface area contributed by atoms with E-state index in [2.05, 4.69) is 15.4 Å². The summed E-state index contributed by atoms with van der Waals surface area (Å²) in [6.45, 7) is 3.42. The highest BCUT2D eigenvalue weighted by Gasteiger charge is 2.13. The fourth-order valence-electron chi connectivity index (χ4n) is 1.76. The zero-order valence-electron chi connectivity index (χ0n) is 11.2. The van der Waals surface area contributed by atoms with E-state index in [0.717, 1.165) is 25.2 Å². The highest BCUT2D eigenvalue weighted by Crippen LogP contribution is 2.33. The van der Waals surface area contributed by atoms with Gasteiger partial charge in [-0.3, -0.25) is 4.72 Å². The summed E-state index contributed by atoms with van der Waals surface area (Å²) in [5.41, 5.74) is 0.954. The first-order valence-corrected chi connectivity index (χ1v) is 8.25. The van der Waals surface area contributed by atoms with E-state index in [1.54, 1.807) is 25.3 Å². The number of hydrogen-bond donors (Lipinski definition) is 3. The van der Waals surface area contributed by atoms with Crippen molar-refractivity contribution in [1.29, 1.82) is 0 Å². The van der Waals surface area contributed by atoms with Crippen molar-refractivity contribution in [3.8, 4) is 5.75 Å². The molecule has 0 bridgehead atoms. The summed E-state index contributed by atoms with van der Waals surface area (Å²) < 4.78 is 30.6. The van der Waals surface area contributed by atoms with Gasteiger partial charge < -0.3 is 15.4 Å². The number of halogens is 1. The smallest absolute Gasteiger partial charge is 0.229 e. The van der Waals surface area contributed by atoms with Gasteiger partial charge in [0.25, 0.3) is 0 Å². The van der Waals surface area contributed by atoms with Crippen LogP contribution in [0.3, 0.4) is 0 Å². The molecule has 1 heterocycles. The third kappa shape index (κ3) is 3.71. The van der Waals surface area contributed by atoms with E-state index >= 15 is 0 Å². The van der Waals surface area contributed by atoms with Gasteiger partial charge in [-0.05, 0) is 19.1 Å². The monoisotopic (exact) mass is 317 g/mol. The molecule has 2 rings (SSSR count). The van der Waals surface area contributed by atoms with Crippen LogP contribution < -0.4 is 20.1 Å². The molecule has 0 atom stereocenters. The van der Waals surface area contributed by atoms with Gasteiger partial charge >= 0.3 is 0 Å². The number of anilines is 1. The molecule has 0 unspecified atom stereocenters. The molecular formula is C12H16ClN3O3S. The van der Waals surface area contributed by atoms with Crippen molar-refractivity contribution in [2.75, 3.05) is 24.1 Å². The molecule has 1 aromatic carbocycles. The van der Waals surface area contributed by atoms with Crippen molar-refractivity contribution in [3.05, 3.63) is 34.8 Å². The Balaban J connectivity index is 2.26. The predicted molar refractivity (Wildman–Crippen MR) is 79.4 cm³/mol. The van der Waals surface area contributed by atoms with Crippen LogP contribution in [0.25, 0.3) is 0 Å². The second-order valence-electron chi connectivity index (χ2n) is 4.42. The number of sulfonamides is 1. The van der Waals surface area contributed by atoms with Crippen LogP contribution in [0.1, 0.15) is 5.56 Å². The van der Waals surface area contributed by atoms with E-state index in [9.17, 15) is 8.42 Å². The summed E-state index contributed by atoms with van der Waals surface area (Å²) in [7, 11) is -3.40. The molecule has 0 aromatic heterocycles. The number of nitrogens with one attached hydrogen (secondary N) is 3. The van der Waals surface area contributed by atoms with Gasteiger partial charge in [0.2, 0.25) is 10.0 Å². The minimum absolute atomic E-state index is 0.324. The molecule has 0 amide bonds. The maximum Gasteiger partial charge on any atom is 0.229 e. The van der Waals surface area contributed by atoms with Gasteiger partial charge in [0, 0.05) is 18.7 Å². The molecule has 1 aliphatic rings. The second kappa shape index (κ2) is 5.80. The van der Waals surface area contributed by atoms with E-state index in [4.69, 9.17) is 16.3 Å². The van der Waals surface area contributed by atoms with Crippen molar-refractivity contribution in [2.45, 2.75) is 6.92 Å². The standard InChI is InChI=1S/C12H16ClN3O3S/c1-8-10(19-7-11-14-5-6-15-11)4-3-9(13)12(8)16-20(2,17)18/h3-4,7,14-16H,5-6H2,1-2H3. The first kappa shape index (κ1) is 14.8. The number of ether oxygens (including phenoxy) is 1. The van der Waals surface area contributed by atoms with Crippen LogP contribution in [0.15, 0.2) is 24.2 Å². The molecule has 0 aliphatic carbocycles. The summed E-state index contributed by atoms with van der Waals surface area (Å²) in [5.74, 6) is 1.32. The maximum absolute atomic E-state index is 11.3. The van der Waals surface area contributed by atoms with Crippen LogP contribution in [-0.4, -0.2) is 27.8 Å². The highest BCUT2D eigenvalue weighted by molar-refractivity contribution is 7.92. The van der Waals surface area contributed by atoms with Gasteiger partial charge in [-0.15, -0.1) is 0 Å². The summed E-state index contributed by atoms with van der Waals surface area (Å²) in [6, 6.07) is 3.28. The lowest BCUT2D eigenvalue weighted by Gasteiger charge is -2.13. The Morgan fingerprint density at radius 2 is 2.00 bits per heavy atom. The van der Waals surface area contributed by atoms with Crippen molar-refractivity contribution < 1.29 is 13.2 Å². The lowest BCUT2D eigenvalue weighted by molar-refractivity contribution is 0.466. The van der Waals surface area contributed by atoms with Crippen molar-refractivity contribution in [1.82, 2.24) is 10.6 Å². The Labute approximate surface area is 123 Å². The Bertz CT molecular complexity index is 636. The average Bonchev–Trinajstić information content (AvgIpc) is 2.85. The van der Waals surface area contributed by atoms with Crippen LogP contribution in [0.2, 0.25) is 5.02 Å². The topological polar surface area (TPSA) is 79.5 Å². The zero-order valence-corrected chi connectivity index (χ0v) is 12.7. The van der Waals surface area contributed by atoms with Crippen LogP contribution >= 0.6 is 11.6 Å². The largest absolute Gasteiger partial charge is 0.461 e. The molecule has 0 saturated carbocycles. The molecule has 1 aromatic rings. The minimum Gasteiger partial charge on any atom is -0.461 e. The molecule has 110 valence electrons. The van der Waals surface area contributed by atoms with Crippen molar-refractivity contribution in [3.63, 3.8) is 0 Å². The normalized spacial score (nSPS) is 14.4. The van der Waals surface area contributed by atoms with E-state index in [1.165, 1.54) is 0 Å². The summed E-state index contributed by atoms with van der Waals surface area (Å²) >= 11 is 6.01. The molecule has 6 nitrogen and oxygen atoms in total. The lowest BCUT2D eigenvalue weighted by Crippen LogP contribution is -2.12. The fourth-order valence-corrected chi connectivity index (χ4v) is 2.70. The number of hydrogen-bond acceptors (Lipinski definition) is 5. The highest BCUT2D eigenvalue weighted by atomic mass is 35.5. The average molecular weight is 318 g/mol. The van der Waals surface area contributed by atoms with E-state index in [-0.39, 0.29) is 0 Å². The SMILES string of the molecule is Cc1c(OC=C2NCCN2)ccc(Cl)c1NS(C)(=O)=O. The number of benzene rings is 1. The van der Waals surface area contributed by atoms with Gasteiger partial charge in [-0.1, -0.05) is 11.6 Å². The van der Waals surface area contributed by atoms with Gasteiger partial charge in [0.05, 0.1) is 17.0 Å².